The molecule has 0 radical (unpaired) electrons. The molecule has 1 aliphatic rings. The second kappa shape index (κ2) is 11.5. The average molecular weight is 604 g/mol. The number of fused-ring (bicyclic) bond motifs is 1. The Hall–Kier alpha value is -5.01. The molecule has 214 valence electrons. The first kappa shape index (κ1) is 27.2. The SMILES string of the molecule is COc1cc(Nc2nc(N)c(-c3nc(-c4cccc(NC(=O)c5ccc6c(c5)OCO6)c4)cs3)s2)cc(OC)c1OC. The van der Waals surface area contributed by atoms with E-state index in [-0.39, 0.29) is 12.7 Å². The summed E-state index contributed by atoms with van der Waals surface area (Å²) in [4.78, 5) is 22.9. The molecule has 0 aliphatic carbocycles. The summed E-state index contributed by atoms with van der Waals surface area (Å²) in [6.45, 7) is 0.149. The van der Waals surface area contributed by atoms with Gasteiger partial charge in [0.25, 0.3) is 5.91 Å². The number of methoxy groups -OCH3 is 3. The van der Waals surface area contributed by atoms with Gasteiger partial charge in [-0.05, 0) is 30.3 Å². The van der Waals surface area contributed by atoms with Crippen molar-refractivity contribution in [3.8, 4) is 49.9 Å². The van der Waals surface area contributed by atoms with Crippen molar-refractivity contribution >= 4 is 50.9 Å². The molecule has 0 spiro atoms. The molecule has 1 amide bonds. The van der Waals surface area contributed by atoms with Gasteiger partial charge in [0, 0.05) is 40.0 Å². The number of thiazole rings is 2. The van der Waals surface area contributed by atoms with Gasteiger partial charge in [-0.1, -0.05) is 23.5 Å². The lowest BCUT2D eigenvalue weighted by atomic mass is 10.1. The second-order valence-corrected chi connectivity index (χ2v) is 10.8. The maximum absolute atomic E-state index is 12.9. The highest BCUT2D eigenvalue weighted by molar-refractivity contribution is 7.23. The van der Waals surface area contributed by atoms with E-state index in [1.807, 2.05) is 29.6 Å². The predicted molar refractivity (Wildman–Crippen MR) is 163 cm³/mol. The lowest BCUT2D eigenvalue weighted by Gasteiger charge is -2.14. The minimum absolute atomic E-state index is 0.149. The summed E-state index contributed by atoms with van der Waals surface area (Å²) in [5, 5.41) is 9.45. The number of benzene rings is 3. The monoisotopic (exact) mass is 603 g/mol. The summed E-state index contributed by atoms with van der Waals surface area (Å²) in [6, 6.07) is 16.2. The van der Waals surface area contributed by atoms with Gasteiger partial charge >= 0.3 is 0 Å². The molecule has 0 fully saturated rings. The van der Waals surface area contributed by atoms with E-state index in [9.17, 15) is 4.79 Å². The molecular weight excluding hydrogens is 578 g/mol. The van der Waals surface area contributed by atoms with Gasteiger partial charge in [-0.2, -0.15) is 0 Å². The number of anilines is 4. The molecule has 3 heterocycles. The van der Waals surface area contributed by atoms with E-state index in [1.165, 1.54) is 22.7 Å². The zero-order valence-electron chi connectivity index (χ0n) is 22.7. The van der Waals surface area contributed by atoms with Crippen LogP contribution >= 0.6 is 22.7 Å². The fraction of sp³-hybridized carbons (Fsp3) is 0.138. The Morgan fingerprint density at radius 2 is 1.71 bits per heavy atom. The minimum Gasteiger partial charge on any atom is -0.493 e. The van der Waals surface area contributed by atoms with Crippen LogP contribution in [0.3, 0.4) is 0 Å². The highest BCUT2D eigenvalue weighted by Gasteiger charge is 2.19. The minimum atomic E-state index is -0.256. The first-order valence-electron chi connectivity index (χ1n) is 12.6. The van der Waals surface area contributed by atoms with E-state index in [0.29, 0.717) is 56.6 Å². The number of carbonyl (C=O) groups excluding carboxylic acids is 1. The van der Waals surface area contributed by atoms with Gasteiger partial charge in [-0.3, -0.25) is 4.79 Å². The van der Waals surface area contributed by atoms with Crippen LogP contribution in [0.5, 0.6) is 28.7 Å². The van der Waals surface area contributed by atoms with Crippen LogP contribution in [0, 0.1) is 0 Å². The summed E-state index contributed by atoms with van der Waals surface area (Å²) >= 11 is 2.84. The smallest absolute Gasteiger partial charge is 0.255 e. The normalized spacial score (nSPS) is 11.7. The number of hydrogen-bond donors (Lipinski definition) is 3. The van der Waals surface area contributed by atoms with E-state index < -0.39 is 0 Å². The molecular formula is C29H25N5O6S2. The van der Waals surface area contributed by atoms with Gasteiger partial charge < -0.3 is 40.1 Å². The molecule has 0 unspecified atom stereocenters. The van der Waals surface area contributed by atoms with Gasteiger partial charge in [0.2, 0.25) is 12.5 Å². The van der Waals surface area contributed by atoms with E-state index in [2.05, 4.69) is 15.6 Å². The summed E-state index contributed by atoms with van der Waals surface area (Å²) in [7, 11) is 4.67. The third-order valence-electron chi connectivity index (χ3n) is 6.32. The van der Waals surface area contributed by atoms with Crippen LogP contribution in [-0.2, 0) is 0 Å². The van der Waals surface area contributed by atoms with Crippen LogP contribution < -0.4 is 40.1 Å². The largest absolute Gasteiger partial charge is 0.493 e. The summed E-state index contributed by atoms with van der Waals surface area (Å²) in [5.41, 5.74) is 9.70. The number of hydrogen-bond acceptors (Lipinski definition) is 12. The van der Waals surface area contributed by atoms with Gasteiger partial charge in [0.1, 0.15) is 15.7 Å². The second-order valence-electron chi connectivity index (χ2n) is 8.91. The van der Waals surface area contributed by atoms with Crippen LogP contribution in [0.25, 0.3) is 21.1 Å². The molecule has 0 saturated carbocycles. The first-order valence-corrected chi connectivity index (χ1v) is 14.3. The number of ether oxygens (including phenoxy) is 5. The number of nitrogen functional groups attached to an aromatic ring is 1. The molecule has 4 N–H and O–H groups in total. The molecule has 1 aliphatic heterocycles. The predicted octanol–water partition coefficient (Wildman–Crippen LogP) is 6.27. The highest BCUT2D eigenvalue weighted by Crippen LogP contribution is 2.43. The van der Waals surface area contributed by atoms with Gasteiger partial charge in [-0.15, -0.1) is 11.3 Å². The van der Waals surface area contributed by atoms with Crippen molar-refractivity contribution in [3.63, 3.8) is 0 Å². The van der Waals surface area contributed by atoms with E-state index in [1.54, 1.807) is 51.7 Å². The van der Waals surface area contributed by atoms with Gasteiger partial charge in [-0.25, -0.2) is 9.97 Å². The zero-order chi connectivity index (χ0) is 29.2. The Kier molecular flexibility index (Phi) is 7.42. The van der Waals surface area contributed by atoms with Crippen LogP contribution in [0.15, 0.2) is 60.0 Å². The van der Waals surface area contributed by atoms with Crippen molar-refractivity contribution < 1.29 is 28.5 Å². The standard InChI is InChI=1S/C29H25N5O6S2/c1-36-22-11-18(12-23(37-2)24(22)38-3)32-29-34-26(30)25(42-29)28-33-19(13-41-28)15-5-4-6-17(9-15)31-27(35)16-7-8-20-21(10-16)40-14-39-20/h4-13H,14,30H2,1-3H3,(H,31,35)(H,32,34). The van der Waals surface area contributed by atoms with E-state index in [4.69, 9.17) is 34.4 Å². The van der Waals surface area contributed by atoms with Gasteiger partial charge in [0.05, 0.1) is 27.0 Å². The quantitative estimate of drug-likeness (QED) is 0.177. The molecule has 5 aromatic rings. The molecule has 0 bridgehead atoms. The third-order valence-corrected chi connectivity index (χ3v) is 8.30. The molecule has 0 saturated heterocycles. The molecule has 3 aromatic carbocycles. The molecule has 11 nitrogen and oxygen atoms in total. The maximum atomic E-state index is 12.9. The number of nitrogens with two attached hydrogens (primary N) is 1. The third kappa shape index (κ3) is 5.34. The van der Waals surface area contributed by atoms with E-state index in [0.717, 1.165) is 21.1 Å². The zero-order valence-corrected chi connectivity index (χ0v) is 24.4. The Balaban J connectivity index is 1.19. The number of amides is 1. The number of rotatable bonds is 9. The molecule has 42 heavy (non-hydrogen) atoms. The average Bonchev–Trinajstić information content (AvgIpc) is 3.76. The number of nitrogens with zero attached hydrogens (tertiary/aromatic N) is 2. The highest BCUT2D eigenvalue weighted by atomic mass is 32.1. The molecule has 0 atom stereocenters. The van der Waals surface area contributed by atoms with Crippen LogP contribution in [-0.4, -0.2) is 44.0 Å². The van der Waals surface area contributed by atoms with Crippen molar-refractivity contribution in [2.24, 2.45) is 0 Å². The van der Waals surface area contributed by atoms with E-state index >= 15 is 0 Å². The van der Waals surface area contributed by atoms with Crippen molar-refractivity contribution in [1.29, 1.82) is 0 Å². The number of aromatic nitrogens is 2. The first-order chi connectivity index (χ1) is 20.4. The Labute approximate surface area is 248 Å². The fourth-order valence-electron chi connectivity index (χ4n) is 4.32. The van der Waals surface area contributed by atoms with Crippen molar-refractivity contribution in [3.05, 3.63) is 65.5 Å². The van der Waals surface area contributed by atoms with Crippen LogP contribution in [0.2, 0.25) is 0 Å². The molecule has 6 rings (SSSR count). The summed E-state index contributed by atoms with van der Waals surface area (Å²) < 4.78 is 27.0. The fourth-order valence-corrected chi connectivity index (χ4v) is 6.16. The van der Waals surface area contributed by atoms with Gasteiger partial charge in [0.15, 0.2) is 28.1 Å². The molecule has 2 aromatic heterocycles. The number of nitrogens with one attached hydrogen (secondary N) is 2. The maximum Gasteiger partial charge on any atom is 0.255 e. The van der Waals surface area contributed by atoms with Crippen molar-refractivity contribution in [2.45, 2.75) is 0 Å². The van der Waals surface area contributed by atoms with Crippen LogP contribution in [0.1, 0.15) is 10.4 Å². The van der Waals surface area contributed by atoms with Crippen LogP contribution in [0.4, 0.5) is 22.3 Å². The number of carbonyl (C=O) groups is 1. The Bertz CT molecular complexity index is 1760. The van der Waals surface area contributed by atoms with Crippen molar-refractivity contribution in [1.82, 2.24) is 9.97 Å². The summed E-state index contributed by atoms with van der Waals surface area (Å²) in [5.74, 6) is 2.81. The Morgan fingerprint density at radius 3 is 2.48 bits per heavy atom. The van der Waals surface area contributed by atoms with Crippen molar-refractivity contribution in [2.75, 3.05) is 44.5 Å². The lowest BCUT2D eigenvalue weighted by molar-refractivity contribution is 0.102. The Morgan fingerprint density at radius 1 is 0.929 bits per heavy atom. The topological polar surface area (TPSA) is 139 Å². The lowest BCUT2D eigenvalue weighted by Crippen LogP contribution is -2.11. The summed E-state index contributed by atoms with van der Waals surface area (Å²) in [6.07, 6.45) is 0. The molecule has 13 heteroatoms.